The van der Waals surface area contributed by atoms with Gasteiger partial charge in [-0.3, -0.25) is 9.59 Å². The maximum absolute atomic E-state index is 12.7. The van der Waals surface area contributed by atoms with Crippen molar-refractivity contribution >= 4 is 17.5 Å². The van der Waals surface area contributed by atoms with Gasteiger partial charge in [0.05, 0.1) is 5.56 Å². The number of anilines is 1. The molecule has 1 aliphatic rings. The normalized spacial score (nSPS) is 17.5. The van der Waals surface area contributed by atoms with Crippen molar-refractivity contribution in [3.05, 3.63) is 29.8 Å². The molecule has 1 heterocycles. The topological polar surface area (TPSA) is 61.4 Å². The monoisotopic (exact) mass is 373 g/mol. The molecule has 2 atom stereocenters. The zero-order valence-electron chi connectivity index (χ0n) is 17.4. The van der Waals surface area contributed by atoms with E-state index in [2.05, 4.69) is 29.4 Å². The first-order chi connectivity index (χ1) is 12.8. The van der Waals surface area contributed by atoms with Gasteiger partial charge in [0.2, 0.25) is 5.91 Å². The summed E-state index contributed by atoms with van der Waals surface area (Å²) >= 11 is 0. The SMILES string of the molecule is CC[C@@H](C)C(=O)NC1CCN(c2ccccc2C(=O)N[C@H](C)C(C)C)CC1. The van der Waals surface area contributed by atoms with Crippen LogP contribution in [0.15, 0.2) is 24.3 Å². The molecule has 0 unspecified atom stereocenters. The molecular weight excluding hydrogens is 338 g/mol. The minimum Gasteiger partial charge on any atom is -0.371 e. The van der Waals surface area contributed by atoms with E-state index < -0.39 is 0 Å². The zero-order chi connectivity index (χ0) is 20.0. The van der Waals surface area contributed by atoms with Crippen LogP contribution in [0.25, 0.3) is 0 Å². The van der Waals surface area contributed by atoms with Crippen molar-refractivity contribution in [1.82, 2.24) is 10.6 Å². The third-order valence-electron chi connectivity index (χ3n) is 5.75. The largest absolute Gasteiger partial charge is 0.371 e. The maximum Gasteiger partial charge on any atom is 0.253 e. The maximum atomic E-state index is 12.7. The molecule has 0 aromatic heterocycles. The van der Waals surface area contributed by atoms with Gasteiger partial charge in [-0.05, 0) is 44.2 Å². The lowest BCUT2D eigenvalue weighted by Gasteiger charge is -2.35. The van der Waals surface area contributed by atoms with Gasteiger partial charge < -0.3 is 15.5 Å². The van der Waals surface area contributed by atoms with E-state index in [1.807, 2.05) is 45.0 Å². The Bertz CT molecular complexity index is 636. The van der Waals surface area contributed by atoms with Crippen LogP contribution < -0.4 is 15.5 Å². The molecule has 1 aromatic carbocycles. The quantitative estimate of drug-likeness (QED) is 0.768. The second kappa shape index (κ2) is 9.77. The molecular formula is C22H35N3O2. The molecule has 1 aliphatic heterocycles. The Hall–Kier alpha value is -2.04. The highest BCUT2D eigenvalue weighted by Crippen LogP contribution is 2.25. The van der Waals surface area contributed by atoms with Crippen molar-refractivity contribution < 1.29 is 9.59 Å². The highest BCUT2D eigenvalue weighted by Gasteiger charge is 2.25. The molecule has 2 amide bonds. The van der Waals surface area contributed by atoms with Crippen molar-refractivity contribution in [2.45, 2.75) is 66.0 Å². The smallest absolute Gasteiger partial charge is 0.253 e. The second-order valence-electron chi connectivity index (χ2n) is 8.10. The number of hydrogen-bond donors (Lipinski definition) is 2. The number of para-hydroxylation sites is 1. The van der Waals surface area contributed by atoms with Gasteiger partial charge >= 0.3 is 0 Å². The first-order valence-electron chi connectivity index (χ1n) is 10.3. The number of nitrogens with zero attached hydrogens (tertiary/aromatic N) is 1. The zero-order valence-corrected chi connectivity index (χ0v) is 17.4. The van der Waals surface area contributed by atoms with Crippen molar-refractivity contribution in [3.63, 3.8) is 0 Å². The minimum absolute atomic E-state index is 0.0148. The molecule has 5 heteroatoms. The van der Waals surface area contributed by atoms with Crippen LogP contribution >= 0.6 is 0 Å². The Balaban J connectivity index is 2.00. The number of piperidine rings is 1. The van der Waals surface area contributed by atoms with E-state index in [9.17, 15) is 9.59 Å². The lowest BCUT2D eigenvalue weighted by molar-refractivity contribution is -0.125. The van der Waals surface area contributed by atoms with Crippen LogP contribution in [0.5, 0.6) is 0 Å². The molecule has 0 radical (unpaired) electrons. The van der Waals surface area contributed by atoms with Gasteiger partial charge in [-0.25, -0.2) is 0 Å². The predicted octanol–water partition coefficient (Wildman–Crippen LogP) is 3.59. The summed E-state index contributed by atoms with van der Waals surface area (Å²) < 4.78 is 0. The fraction of sp³-hybridized carbons (Fsp3) is 0.636. The Morgan fingerprint density at radius 2 is 1.74 bits per heavy atom. The third kappa shape index (κ3) is 5.72. The Morgan fingerprint density at radius 1 is 1.11 bits per heavy atom. The number of rotatable bonds is 7. The van der Waals surface area contributed by atoms with E-state index in [0.717, 1.165) is 43.6 Å². The van der Waals surface area contributed by atoms with E-state index in [1.54, 1.807) is 0 Å². The van der Waals surface area contributed by atoms with E-state index in [-0.39, 0.29) is 29.8 Å². The molecule has 150 valence electrons. The van der Waals surface area contributed by atoms with Crippen LogP contribution in [-0.2, 0) is 4.79 Å². The molecule has 1 saturated heterocycles. The molecule has 5 nitrogen and oxygen atoms in total. The van der Waals surface area contributed by atoms with Crippen LogP contribution in [0.1, 0.15) is 64.2 Å². The molecule has 0 aliphatic carbocycles. The highest BCUT2D eigenvalue weighted by atomic mass is 16.2. The van der Waals surface area contributed by atoms with Crippen molar-refractivity contribution in [2.24, 2.45) is 11.8 Å². The summed E-state index contributed by atoms with van der Waals surface area (Å²) in [5.74, 6) is 0.596. The highest BCUT2D eigenvalue weighted by molar-refractivity contribution is 6.00. The fourth-order valence-corrected chi connectivity index (χ4v) is 3.19. The van der Waals surface area contributed by atoms with Gasteiger partial charge in [-0.2, -0.15) is 0 Å². The van der Waals surface area contributed by atoms with Gasteiger partial charge in [0, 0.05) is 36.8 Å². The van der Waals surface area contributed by atoms with Crippen LogP contribution in [0, 0.1) is 11.8 Å². The van der Waals surface area contributed by atoms with Crippen molar-refractivity contribution in [1.29, 1.82) is 0 Å². The number of carbonyl (C=O) groups excluding carboxylic acids is 2. The molecule has 2 N–H and O–H groups in total. The first kappa shape index (κ1) is 21.3. The van der Waals surface area contributed by atoms with Gasteiger partial charge in [-0.1, -0.05) is 39.8 Å². The second-order valence-corrected chi connectivity index (χ2v) is 8.10. The summed E-state index contributed by atoms with van der Waals surface area (Å²) in [5, 5.41) is 6.28. The van der Waals surface area contributed by atoms with Crippen LogP contribution in [0.3, 0.4) is 0 Å². The summed E-state index contributed by atoms with van der Waals surface area (Å²) in [6.07, 6.45) is 2.67. The summed E-state index contributed by atoms with van der Waals surface area (Å²) in [6, 6.07) is 8.17. The molecule has 1 fully saturated rings. The number of nitrogens with one attached hydrogen (secondary N) is 2. The standard InChI is InChI=1S/C22H35N3O2/c1-6-16(4)21(26)24-18-11-13-25(14-12-18)20-10-8-7-9-19(20)22(27)23-17(5)15(2)3/h7-10,15-18H,6,11-14H2,1-5H3,(H,23,27)(H,24,26)/t16-,17-/m1/s1. The molecule has 0 saturated carbocycles. The van der Waals surface area contributed by atoms with E-state index in [4.69, 9.17) is 0 Å². The van der Waals surface area contributed by atoms with Gasteiger partial charge in [0.1, 0.15) is 0 Å². The average molecular weight is 374 g/mol. The molecule has 2 rings (SSSR count). The van der Waals surface area contributed by atoms with E-state index >= 15 is 0 Å². The van der Waals surface area contributed by atoms with Crippen LogP contribution in [0.4, 0.5) is 5.69 Å². The Morgan fingerprint density at radius 3 is 2.33 bits per heavy atom. The molecule has 0 bridgehead atoms. The minimum atomic E-state index is -0.0148. The number of amides is 2. The number of hydrogen-bond acceptors (Lipinski definition) is 3. The van der Waals surface area contributed by atoms with Gasteiger partial charge in [0.15, 0.2) is 0 Å². The van der Waals surface area contributed by atoms with E-state index in [1.165, 1.54) is 0 Å². The first-order valence-corrected chi connectivity index (χ1v) is 10.3. The van der Waals surface area contributed by atoms with Crippen LogP contribution in [0.2, 0.25) is 0 Å². The summed E-state index contributed by atoms with van der Waals surface area (Å²) in [6.45, 7) is 11.9. The molecule has 27 heavy (non-hydrogen) atoms. The number of carbonyl (C=O) groups is 2. The predicted molar refractivity (Wildman–Crippen MR) is 111 cm³/mol. The van der Waals surface area contributed by atoms with Crippen LogP contribution in [-0.4, -0.2) is 37.0 Å². The third-order valence-corrected chi connectivity index (χ3v) is 5.75. The lowest BCUT2D eigenvalue weighted by atomic mass is 10.0. The summed E-state index contributed by atoms with van der Waals surface area (Å²) in [5.41, 5.74) is 1.71. The Labute approximate surface area is 163 Å². The molecule has 1 aromatic rings. The fourth-order valence-electron chi connectivity index (χ4n) is 3.19. The Kier molecular flexibility index (Phi) is 7.69. The van der Waals surface area contributed by atoms with Crippen molar-refractivity contribution in [2.75, 3.05) is 18.0 Å². The lowest BCUT2D eigenvalue weighted by Crippen LogP contribution is -2.46. The van der Waals surface area contributed by atoms with E-state index in [0.29, 0.717) is 5.92 Å². The van der Waals surface area contributed by atoms with Crippen molar-refractivity contribution in [3.8, 4) is 0 Å². The summed E-state index contributed by atoms with van der Waals surface area (Å²) in [4.78, 5) is 27.1. The number of benzene rings is 1. The molecule has 0 spiro atoms. The average Bonchev–Trinajstić information content (AvgIpc) is 2.67. The van der Waals surface area contributed by atoms with Gasteiger partial charge in [0.25, 0.3) is 5.91 Å². The van der Waals surface area contributed by atoms with Gasteiger partial charge in [-0.15, -0.1) is 0 Å². The summed E-state index contributed by atoms with van der Waals surface area (Å²) in [7, 11) is 0.